The fourth-order valence-electron chi connectivity index (χ4n) is 1.18. The average Bonchev–Trinajstić information content (AvgIpc) is 2.15. The van der Waals surface area contributed by atoms with Crippen LogP contribution in [0.2, 0.25) is 19.6 Å². The van der Waals surface area contributed by atoms with E-state index in [9.17, 15) is 4.79 Å². The van der Waals surface area contributed by atoms with Gasteiger partial charge in [0, 0.05) is 5.56 Å². The quantitative estimate of drug-likeness (QED) is 0.798. The third-order valence-electron chi connectivity index (χ3n) is 1.82. The lowest BCUT2D eigenvalue weighted by atomic mass is 10.2. The topological polar surface area (TPSA) is 38.3 Å². The Morgan fingerprint density at radius 3 is 2.53 bits per heavy atom. The first-order valence-electron chi connectivity index (χ1n) is 4.89. The highest BCUT2D eigenvalue weighted by Gasteiger charge is 2.17. The van der Waals surface area contributed by atoms with E-state index in [0.717, 1.165) is 0 Å². The second-order valence-electron chi connectivity index (χ2n) is 4.44. The van der Waals surface area contributed by atoms with E-state index in [-0.39, 0.29) is 5.91 Å². The van der Waals surface area contributed by atoms with Crippen molar-refractivity contribution in [3.63, 3.8) is 0 Å². The number of benzene rings is 1. The molecule has 0 saturated heterocycles. The molecule has 0 aliphatic heterocycles. The molecule has 1 rings (SSSR count). The highest BCUT2D eigenvalue weighted by atomic mass is 28.3. The number of ether oxygens (including phenoxy) is 1. The third-order valence-corrected chi connectivity index (χ3v) is 2.80. The van der Waals surface area contributed by atoms with E-state index in [4.69, 9.17) is 4.74 Å². The smallest absolute Gasteiger partial charge is 0.243 e. The molecule has 1 N–H and O–H groups in total. The zero-order valence-electron chi connectivity index (χ0n) is 9.63. The molecule has 0 saturated carbocycles. The van der Waals surface area contributed by atoms with Gasteiger partial charge in [-0.2, -0.15) is 0 Å². The maximum atomic E-state index is 11.8. The fraction of sp³-hybridized carbons (Fsp3) is 0.364. The van der Waals surface area contributed by atoms with Gasteiger partial charge in [0.1, 0.15) is 14.0 Å². The Labute approximate surface area is 91.5 Å². The summed E-state index contributed by atoms with van der Waals surface area (Å²) in [5.74, 6) is 0.686. The molecule has 0 unspecified atom stereocenters. The summed E-state index contributed by atoms with van der Waals surface area (Å²) in [6, 6.07) is 7.18. The van der Waals surface area contributed by atoms with E-state index in [1.165, 1.54) is 0 Å². The van der Waals surface area contributed by atoms with Crippen LogP contribution in [0.25, 0.3) is 0 Å². The zero-order valence-corrected chi connectivity index (χ0v) is 10.6. The second kappa shape index (κ2) is 4.48. The highest BCUT2D eigenvalue weighted by molar-refractivity contribution is 6.76. The number of methoxy groups -OCH3 is 1. The zero-order chi connectivity index (χ0) is 11.5. The Hall–Kier alpha value is -1.29. The largest absolute Gasteiger partial charge is 0.497 e. The van der Waals surface area contributed by atoms with Gasteiger partial charge >= 0.3 is 0 Å². The van der Waals surface area contributed by atoms with E-state index in [1.807, 2.05) is 12.1 Å². The van der Waals surface area contributed by atoms with Crippen LogP contribution in [-0.4, -0.2) is 21.3 Å². The van der Waals surface area contributed by atoms with Crippen LogP contribution >= 0.6 is 0 Å². The molecule has 4 heteroatoms. The molecular weight excluding hydrogens is 206 g/mol. The third kappa shape index (κ3) is 3.75. The first kappa shape index (κ1) is 11.8. The molecule has 1 aromatic carbocycles. The van der Waals surface area contributed by atoms with Crippen LogP contribution in [0.4, 0.5) is 0 Å². The normalized spacial score (nSPS) is 10.9. The summed E-state index contributed by atoms with van der Waals surface area (Å²) < 4.78 is 5.07. The molecule has 1 aromatic rings. The van der Waals surface area contributed by atoms with E-state index < -0.39 is 8.24 Å². The predicted octanol–water partition coefficient (Wildman–Crippen LogP) is 2.26. The van der Waals surface area contributed by atoms with Gasteiger partial charge in [0.05, 0.1) is 7.11 Å². The average molecular weight is 223 g/mol. The minimum absolute atomic E-state index is 0.0203. The first-order chi connectivity index (χ1) is 6.92. The van der Waals surface area contributed by atoms with Crippen molar-refractivity contribution in [1.29, 1.82) is 0 Å². The number of rotatable bonds is 3. The van der Waals surface area contributed by atoms with Gasteiger partial charge in [-0.1, -0.05) is 25.7 Å². The molecule has 0 spiro atoms. The van der Waals surface area contributed by atoms with Gasteiger partial charge in [0.15, 0.2) is 0 Å². The molecule has 0 bridgehead atoms. The summed E-state index contributed by atoms with van der Waals surface area (Å²) in [5.41, 5.74) is 0.650. The van der Waals surface area contributed by atoms with Crippen LogP contribution in [0, 0.1) is 0 Å². The molecule has 15 heavy (non-hydrogen) atoms. The molecule has 0 aliphatic carbocycles. The Balaban J connectivity index is 2.82. The van der Waals surface area contributed by atoms with Crippen LogP contribution < -0.4 is 9.72 Å². The fourth-order valence-corrected chi connectivity index (χ4v) is 2.00. The van der Waals surface area contributed by atoms with Crippen molar-refractivity contribution in [1.82, 2.24) is 4.98 Å². The molecule has 0 atom stereocenters. The summed E-state index contributed by atoms with van der Waals surface area (Å²) in [6.45, 7) is 6.27. The van der Waals surface area contributed by atoms with Crippen LogP contribution in [0.1, 0.15) is 10.4 Å². The van der Waals surface area contributed by atoms with E-state index in [0.29, 0.717) is 11.3 Å². The van der Waals surface area contributed by atoms with Crippen molar-refractivity contribution in [2.24, 2.45) is 0 Å². The molecule has 0 radical (unpaired) electrons. The van der Waals surface area contributed by atoms with Crippen molar-refractivity contribution >= 4 is 14.1 Å². The maximum Gasteiger partial charge on any atom is 0.243 e. The lowest BCUT2D eigenvalue weighted by Crippen LogP contribution is -2.45. The number of carbonyl (C=O) groups excluding carboxylic acids is 1. The Bertz CT molecular complexity index is 358. The molecule has 82 valence electrons. The monoisotopic (exact) mass is 223 g/mol. The first-order valence-corrected chi connectivity index (χ1v) is 8.39. The number of hydrogen-bond donors (Lipinski definition) is 1. The van der Waals surface area contributed by atoms with Gasteiger partial charge in [0.2, 0.25) is 5.91 Å². The van der Waals surface area contributed by atoms with E-state index >= 15 is 0 Å². The van der Waals surface area contributed by atoms with E-state index in [1.54, 1.807) is 19.2 Å². The number of nitrogens with one attached hydrogen (secondary N) is 1. The summed E-state index contributed by atoms with van der Waals surface area (Å²) in [6.07, 6.45) is 0. The van der Waals surface area contributed by atoms with Gasteiger partial charge in [-0.05, 0) is 18.2 Å². The van der Waals surface area contributed by atoms with Crippen molar-refractivity contribution in [2.45, 2.75) is 19.6 Å². The SMILES string of the molecule is COc1cccc(C(=O)N[Si](C)(C)C)c1. The van der Waals surface area contributed by atoms with Crippen molar-refractivity contribution in [3.8, 4) is 5.75 Å². The van der Waals surface area contributed by atoms with Crippen molar-refractivity contribution in [3.05, 3.63) is 29.8 Å². The number of carbonyl (C=O) groups is 1. The lowest BCUT2D eigenvalue weighted by Gasteiger charge is -2.18. The Kier molecular flexibility index (Phi) is 3.52. The van der Waals surface area contributed by atoms with Crippen LogP contribution in [0.5, 0.6) is 5.75 Å². The molecule has 3 nitrogen and oxygen atoms in total. The molecule has 0 aliphatic rings. The Morgan fingerprint density at radius 1 is 1.33 bits per heavy atom. The van der Waals surface area contributed by atoms with Crippen LogP contribution in [0.15, 0.2) is 24.3 Å². The minimum Gasteiger partial charge on any atom is -0.497 e. The van der Waals surface area contributed by atoms with E-state index in [2.05, 4.69) is 24.6 Å². The molecule has 0 heterocycles. The van der Waals surface area contributed by atoms with Crippen LogP contribution in [0.3, 0.4) is 0 Å². The molecule has 1 amide bonds. The Morgan fingerprint density at radius 2 is 2.00 bits per heavy atom. The number of hydrogen-bond acceptors (Lipinski definition) is 2. The molecule has 0 aromatic heterocycles. The van der Waals surface area contributed by atoms with Gasteiger partial charge in [-0.25, -0.2) is 0 Å². The van der Waals surface area contributed by atoms with Gasteiger partial charge in [-0.15, -0.1) is 0 Å². The van der Waals surface area contributed by atoms with Crippen molar-refractivity contribution < 1.29 is 9.53 Å². The minimum atomic E-state index is -1.57. The molecule has 0 fully saturated rings. The highest BCUT2D eigenvalue weighted by Crippen LogP contribution is 2.12. The summed E-state index contributed by atoms with van der Waals surface area (Å²) in [7, 11) is 0.0218. The van der Waals surface area contributed by atoms with Gasteiger partial charge < -0.3 is 9.72 Å². The maximum absolute atomic E-state index is 11.8. The standard InChI is InChI=1S/C11H17NO2Si/c1-14-10-7-5-6-9(8-10)11(13)12-15(2,3)4/h5-8H,1-4H3,(H,12,13). The van der Waals surface area contributed by atoms with Gasteiger partial charge in [0.25, 0.3) is 0 Å². The lowest BCUT2D eigenvalue weighted by molar-refractivity contribution is 0.0978. The van der Waals surface area contributed by atoms with Crippen molar-refractivity contribution in [2.75, 3.05) is 7.11 Å². The number of amides is 1. The summed E-state index contributed by atoms with van der Waals surface area (Å²) in [4.78, 5) is 14.8. The molecular formula is C11H17NO2Si. The second-order valence-corrected chi connectivity index (χ2v) is 9.19. The van der Waals surface area contributed by atoms with Crippen LogP contribution in [-0.2, 0) is 0 Å². The predicted molar refractivity (Wildman–Crippen MR) is 63.8 cm³/mol. The summed E-state index contributed by atoms with van der Waals surface area (Å²) in [5, 5.41) is 0. The summed E-state index contributed by atoms with van der Waals surface area (Å²) >= 11 is 0. The van der Waals surface area contributed by atoms with Gasteiger partial charge in [-0.3, -0.25) is 4.79 Å².